The molecule has 0 fully saturated rings. The van der Waals surface area contributed by atoms with Gasteiger partial charge in [-0.1, -0.05) is 12.1 Å². The molecule has 0 unspecified atom stereocenters. The maximum absolute atomic E-state index is 13.6. The number of nitrogens with one attached hydrogen (secondary N) is 1. The van der Waals surface area contributed by atoms with Gasteiger partial charge in [0, 0.05) is 37.4 Å². The van der Waals surface area contributed by atoms with Gasteiger partial charge in [-0.05, 0) is 56.3 Å². The Balaban J connectivity index is 1.84. The summed E-state index contributed by atoms with van der Waals surface area (Å²) < 4.78 is 13.6. The quantitative estimate of drug-likeness (QED) is 0.744. The average molecular weight is 340 g/mol. The van der Waals surface area contributed by atoms with Crippen LogP contribution >= 0.6 is 0 Å². The minimum absolute atomic E-state index is 0.294. The van der Waals surface area contributed by atoms with Crippen molar-refractivity contribution in [2.45, 2.75) is 19.4 Å². The predicted molar refractivity (Wildman–Crippen MR) is 102 cm³/mol. The molecule has 0 saturated carbocycles. The number of halogens is 1. The molecule has 25 heavy (non-hydrogen) atoms. The van der Waals surface area contributed by atoms with E-state index in [4.69, 9.17) is 0 Å². The van der Waals surface area contributed by atoms with Gasteiger partial charge in [-0.2, -0.15) is 0 Å². The Morgan fingerprint density at radius 3 is 2.40 bits per heavy atom. The molecule has 0 aliphatic rings. The summed E-state index contributed by atoms with van der Waals surface area (Å²) in [7, 11) is 8.13. The van der Waals surface area contributed by atoms with Crippen LogP contribution in [0.25, 0.3) is 11.0 Å². The summed E-state index contributed by atoms with van der Waals surface area (Å²) in [6.45, 7) is 0.764. The van der Waals surface area contributed by atoms with Crippen molar-refractivity contribution in [1.82, 2.24) is 14.9 Å². The van der Waals surface area contributed by atoms with E-state index in [1.807, 2.05) is 28.2 Å². The van der Waals surface area contributed by atoms with Crippen LogP contribution in [0.15, 0.2) is 36.5 Å². The number of benzene rings is 1. The van der Waals surface area contributed by atoms with Crippen LogP contribution in [0.3, 0.4) is 0 Å². The van der Waals surface area contributed by atoms with Gasteiger partial charge in [-0.3, -0.25) is 0 Å². The Hall–Kier alpha value is -2.40. The highest BCUT2D eigenvalue weighted by atomic mass is 19.1. The summed E-state index contributed by atoms with van der Waals surface area (Å²) in [5, 5.41) is 0.881. The molecule has 3 aromatic rings. The number of aromatic amines is 1. The number of aryl methyl sites for hydroxylation is 2. The zero-order valence-electron chi connectivity index (χ0n) is 15.3. The fourth-order valence-electron chi connectivity index (χ4n) is 3.09. The SMILES string of the molecule is CN(C)Cc1c(CCc2ccc(N(C)C)cc2)[nH]c2ncc(F)cc12. The number of hydrogen-bond acceptors (Lipinski definition) is 3. The van der Waals surface area contributed by atoms with Gasteiger partial charge in [-0.25, -0.2) is 9.37 Å². The number of aromatic nitrogens is 2. The molecule has 2 aromatic heterocycles. The minimum atomic E-state index is -0.294. The lowest BCUT2D eigenvalue weighted by molar-refractivity contribution is 0.402. The third-order valence-electron chi connectivity index (χ3n) is 4.40. The molecular weight excluding hydrogens is 315 g/mol. The highest BCUT2D eigenvalue weighted by Gasteiger charge is 2.14. The lowest BCUT2D eigenvalue weighted by Crippen LogP contribution is -2.12. The number of hydrogen-bond donors (Lipinski definition) is 1. The second-order valence-electron chi connectivity index (χ2n) is 6.93. The maximum atomic E-state index is 13.6. The van der Waals surface area contributed by atoms with Gasteiger partial charge in [0.2, 0.25) is 0 Å². The summed E-state index contributed by atoms with van der Waals surface area (Å²) in [6, 6.07) is 10.2. The number of anilines is 1. The lowest BCUT2D eigenvalue weighted by atomic mass is 10.0. The number of pyridine rings is 1. The number of rotatable bonds is 6. The summed E-state index contributed by atoms with van der Waals surface area (Å²) in [5.41, 5.74) is 5.52. The Morgan fingerprint density at radius 2 is 1.76 bits per heavy atom. The van der Waals surface area contributed by atoms with Crippen LogP contribution in [0.1, 0.15) is 16.8 Å². The molecule has 132 valence electrons. The Morgan fingerprint density at radius 1 is 1.04 bits per heavy atom. The first-order valence-electron chi connectivity index (χ1n) is 8.50. The second kappa shape index (κ2) is 7.23. The minimum Gasteiger partial charge on any atom is -0.378 e. The van der Waals surface area contributed by atoms with Crippen molar-refractivity contribution in [2.24, 2.45) is 0 Å². The van der Waals surface area contributed by atoms with Crippen molar-refractivity contribution >= 4 is 16.7 Å². The molecule has 1 N–H and O–H groups in total. The number of fused-ring (bicyclic) bond motifs is 1. The Kier molecular flexibility index (Phi) is 5.04. The van der Waals surface area contributed by atoms with E-state index in [-0.39, 0.29) is 5.82 Å². The summed E-state index contributed by atoms with van der Waals surface area (Å²) in [5.74, 6) is -0.294. The van der Waals surface area contributed by atoms with Crippen molar-refractivity contribution in [2.75, 3.05) is 33.1 Å². The zero-order chi connectivity index (χ0) is 18.0. The van der Waals surface area contributed by atoms with Crippen molar-refractivity contribution in [1.29, 1.82) is 0 Å². The van der Waals surface area contributed by atoms with E-state index < -0.39 is 0 Å². The molecule has 4 nitrogen and oxygen atoms in total. The molecule has 0 radical (unpaired) electrons. The molecule has 0 spiro atoms. The van der Waals surface area contributed by atoms with E-state index >= 15 is 0 Å². The van der Waals surface area contributed by atoms with E-state index in [1.54, 1.807) is 6.07 Å². The van der Waals surface area contributed by atoms with Crippen LogP contribution in [-0.4, -0.2) is 43.1 Å². The third-order valence-corrected chi connectivity index (χ3v) is 4.40. The lowest BCUT2D eigenvalue weighted by Gasteiger charge is -2.13. The fourth-order valence-corrected chi connectivity index (χ4v) is 3.09. The summed E-state index contributed by atoms with van der Waals surface area (Å²) in [4.78, 5) is 11.8. The maximum Gasteiger partial charge on any atom is 0.142 e. The highest BCUT2D eigenvalue weighted by molar-refractivity contribution is 5.81. The monoisotopic (exact) mass is 340 g/mol. The van der Waals surface area contributed by atoms with E-state index in [0.29, 0.717) is 0 Å². The van der Waals surface area contributed by atoms with Crippen LogP contribution < -0.4 is 4.90 Å². The smallest absolute Gasteiger partial charge is 0.142 e. The van der Waals surface area contributed by atoms with Crippen LogP contribution in [0.2, 0.25) is 0 Å². The van der Waals surface area contributed by atoms with Gasteiger partial charge in [-0.15, -0.1) is 0 Å². The molecule has 1 aromatic carbocycles. The zero-order valence-corrected chi connectivity index (χ0v) is 15.3. The van der Waals surface area contributed by atoms with Gasteiger partial charge < -0.3 is 14.8 Å². The normalized spacial score (nSPS) is 11.4. The predicted octanol–water partition coefficient (Wildman–Crippen LogP) is 3.61. The Bertz CT molecular complexity index is 850. The highest BCUT2D eigenvalue weighted by Crippen LogP contribution is 2.24. The van der Waals surface area contributed by atoms with Crippen LogP contribution in [-0.2, 0) is 19.4 Å². The van der Waals surface area contributed by atoms with Gasteiger partial charge in [0.1, 0.15) is 11.5 Å². The Labute approximate surface area is 148 Å². The van der Waals surface area contributed by atoms with E-state index in [1.165, 1.54) is 17.4 Å². The largest absolute Gasteiger partial charge is 0.378 e. The van der Waals surface area contributed by atoms with Gasteiger partial charge in [0.15, 0.2) is 0 Å². The molecule has 0 saturated heterocycles. The first kappa shape index (κ1) is 17.4. The van der Waals surface area contributed by atoms with E-state index in [0.717, 1.165) is 41.7 Å². The van der Waals surface area contributed by atoms with Gasteiger partial charge in [0.05, 0.1) is 6.20 Å². The number of nitrogens with zero attached hydrogens (tertiary/aromatic N) is 3. The molecule has 0 aliphatic carbocycles. The summed E-state index contributed by atoms with van der Waals surface area (Å²) >= 11 is 0. The van der Waals surface area contributed by atoms with Crippen molar-refractivity contribution in [3.63, 3.8) is 0 Å². The van der Waals surface area contributed by atoms with E-state index in [9.17, 15) is 4.39 Å². The van der Waals surface area contributed by atoms with Gasteiger partial charge in [0.25, 0.3) is 0 Å². The summed E-state index contributed by atoms with van der Waals surface area (Å²) in [6.07, 6.45) is 3.08. The molecule has 0 aliphatic heterocycles. The molecule has 0 amide bonds. The van der Waals surface area contributed by atoms with Crippen LogP contribution in [0.5, 0.6) is 0 Å². The van der Waals surface area contributed by atoms with Crippen molar-refractivity contribution < 1.29 is 4.39 Å². The van der Waals surface area contributed by atoms with Gasteiger partial charge >= 0.3 is 0 Å². The second-order valence-corrected chi connectivity index (χ2v) is 6.93. The van der Waals surface area contributed by atoms with Crippen molar-refractivity contribution in [3.8, 4) is 0 Å². The molecule has 5 heteroatoms. The molecule has 0 atom stereocenters. The fraction of sp³-hybridized carbons (Fsp3) is 0.350. The first-order valence-corrected chi connectivity index (χ1v) is 8.50. The van der Waals surface area contributed by atoms with E-state index in [2.05, 4.69) is 44.0 Å². The third kappa shape index (κ3) is 3.99. The average Bonchev–Trinajstić information content (AvgIpc) is 2.90. The molecule has 3 rings (SSSR count). The van der Waals surface area contributed by atoms with Crippen molar-refractivity contribution in [3.05, 3.63) is 59.2 Å². The van der Waals surface area contributed by atoms with Crippen LogP contribution in [0, 0.1) is 5.82 Å². The first-order chi connectivity index (χ1) is 11.9. The standard InChI is InChI=1S/C20H25FN4/c1-24(2)13-18-17-11-15(21)12-22-20(17)23-19(18)10-7-14-5-8-16(9-6-14)25(3)4/h5-6,8-9,11-12H,7,10,13H2,1-4H3,(H,22,23). The molecule has 2 heterocycles. The molecule has 0 bridgehead atoms. The topological polar surface area (TPSA) is 35.2 Å². The molecular formula is C20H25FN4. The number of H-pyrrole nitrogens is 1. The van der Waals surface area contributed by atoms with Crippen LogP contribution in [0.4, 0.5) is 10.1 Å².